The molecule has 0 amide bonds. The van der Waals surface area contributed by atoms with Gasteiger partial charge in [0, 0.05) is 29.0 Å². The minimum absolute atomic E-state index is 0.257. The lowest BCUT2D eigenvalue weighted by Crippen LogP contribution is -2.29. The number of hydrogen-bond acceptors (Lipinski definition) is 6. The summed E-state index contributed by atoms with van der Waals surface area (Å²) in [5, 5.41) is 3.98. The first kappa shape index (κ1) is 27.5. The summed E-state index contributed by atoms with van der Waals surface area (Å²) in [4.78, 5) is 6.66. The van der Waals surface area contributed by atoms with Crippen LogP contribution >= 0.6 is 12.2 Å². The standard InChI is InChI=1S/C29H31N5O4S2/c1-18-16-23(19(2)33(18)20-9-12-22(37-3)13-10-20)28-27(24-8-6-7-15-30-24)31-29(39)34(28)21-11-14-26(38-4)25(17-21)32-40(5,35)36/h6-17,27-28,32H,1-5H3,(H,31,39). The molecule has 4 aromatic rings. The van der Waals surface area contributed by atoms with Crippen molar-refractivity contribution < 1.29 is 17.9 Å². The number of benzene rings is 2. The van der Waals surface area contributed by atoms with Crippen molar-refractivity contribution in [1.82, 2.24) is 14.9 Å². The lowest BCUT2D eigenvalue weighted by Gasteiger charge is -2.29. The number of ether oxygens (including phenoxy) is 2. The van der Waals surface area contributed by atoms with Crippen LogP contribution in [0, 0.1) is 13.8 Å². The molecule has 3 heterocycles. The Morgan fingerprint density at radius 2 is 1.70 bits per heavy atom. The van der Waals surface area contributed by atoms with Crippen molar-refractivity contribution in [2.24, 2.45) is 0 Å². The highest BCUT2D eigenvalue weighted by Crippen LogP contribution is 2.45. The van der Waals surface area contributed by atoms with Crippen LogP contribution in [-0.4, -0.2) is 43.6 Å². The quantitative estimate of drug-likeness (QED) is 0.281. The van der Waals surface area contributed by atoms with Crippen molar-refractivity contribution >= 4 is 38.7 Å². The van der Waals surface area contributed by atoms with E-state index in [4.69, 9.17) is 21.7 Å². The van der Waals surface area contributed by atoms with E-state index < -0.39 is 10.0 Å². The molecular weight excluding hydrogens is 546 g/mol. The van der Waals surface area contributed by atoms with E-state index in [9.17, 15) is 8.42 Å². The summed E-state index contributed by atoms with van der Waals surface area (Å²) >= 11 is 5.89. The number of methoxy groups -OCH3 is 2. The molecule has 2 atom stereocenters. The average molecular weight is 578 g/mol. The summed E-state index contributed by atoms with van der Waals surface area (Å²) in [5.74, 6) is 1.19. The highest BCUT2D eigenvalue weighted by Gasteiger charge is 2.42. The van der Waals surface area contributed by atoms with Crippen LogP contribution in [0.3, 0.4) is 0 Å². The molecule has 2 unspecified atom stereocenters. The third-order valence-corrected chi connectivity index (χ3v) is 7.88. The molecule has 1 aliphatic rings. The number of pyridine rings is 1. The van der Waals surface area contributed by atoms with Gasteiger partial charge in [-0.2, -0.15) is 0 Å². The second-order valence-corrected chi connectivity index (χ2v) is 11.8. The smallest absolute Gasteiger partial charge is 0.229 e. The van der Waals surface area contributed by atoms with Crippen molar-refractivity contribution in [3.05, 3.63) is 95.6 Å². The Labute approximate surface area is 239 Å². The molecule has 208 valence electrons. The van der Waals surface area contributed by atoms with Crippen molar-refractivity contribution in [2.75, 3.05) is 30.1 Å². The van der Waals surface area contributed by atoms with Crippen molar-refractivity contribution in [1.29, 1.82) is 0 Å². The van der Waals surface area contributed by atoms with Crippen LogP contribution in [0.1, 0.15) is 34.7 Å². The zero-order chi connectivity index (χ0) is 28.6. The second kappa shape index (κ2) is 10.8. The summed E-state index contributed by atoms with van der Waals surface area (Å²) in [7, 11) is -0.398. The van der Waals surface area contributed by atoms with E-state index in [1.54, 1.807) is 25.4 Å². The van der Waals surface area contributed by atoms with Crippen LogP contribution in [0.5, 0.6) is 11.5 Å². The van der Waals surface area contributed by atoms with Crippen molar-refractivity contribution in [3.63, 3.8) is 0 Å². The van der Waals surface area contributed by atoms with E-state index in [0.717, 1.165) is 40.3 Å². The fraction of sp³-hybridized carbons (Fsp3) is 0.241. The molecule has 1 saturated heterocycles. The molecule has 0 radical (unpaired) electrons. The molecule has 2 aromatic carbocycles. The molecule has 0 saturated carbocycles. The van der Waals surface area contributed by atoms with Crippen molar-refractivity contribution in [3.8, 4) is 17.2 Å². The lowest BCUT2D eigenvalue weighted by molar-refractivity contribution is 0.414. The molecule has 1 fully saturated rings. The van der Waals surface area contributed by atoms with E-state index in [2.05, 4.69) is 39.5 Å². The number of nitrogens with zero attached hydrogens (tertiary/aromatic N) is 3. The third-order valence-electron chi connectivity index (χ3n) is 6.97. The minimum Gasteiger partial charge on any atom is -0.497 e. The molecular formula is C29H31N5O4S2. The monoisotopic (exact) mass is 577 g/mol. The van der Waals surface area contributed by atoms with Gasteiger partial charge in [-0.15, -0.1) is 0 Å². The Kier molecular flexibility index (Phi) is 7.43. The number of nitrogens with one attached hydrogen (secondary N) is 2. The zero-order valence-electron chi connectivity index (χ0n) is 22.9. The Balaban J connectivity index is 1.67. The summed E-state index contributed by atoms with van der Waals surface area (Å²) in [6, 6.07) is 20.7. The predicted octanol–water partition coefficient (Wildman–Crippen LogP) is 5.05. The topological polar surface area (TPSA) is 97.7 Å². The largest absolute Gasteiger partial charge is 0.497 e. The van der Waals surface area contributed by atoms with E-state index in [1.165, 1.54) is 7.11 Å². The molecule has 5 rings (SSSR count). The van der Waals surface area contributed by atoms with Gasteiger partial charge in [-0.05, 0) is 92.3 Å². The van der Waals surface area contributed by atoms with Crippen LogP contribution in [-0.2, 0) is 10.0 Å². The average Bonchev–Trinajstić information content (AvgIpc) is 3.43. The van der Waals surface area contributed by atoms with E-state index in [1.807, 2.05) is 53.4 Å². The van der Waals surface area contributed by atoms with Gasteiger partial charge in [0.1, 0.15) is 11.5 Å². The Hall–Kier alpha value is -4.09. The summed E-state index contributed by atoms with van der Waals surface area (Å²) < 4.78 is 39.8. The van der Waals surface area contributed by atoms with Crippen LogP contribution < -0.4 is 24.4 Å². The van der Waals surface area contributed by atoms with Gasteiger partial charge in [-0.25, -0.2) is 8.42 Å². The molecule has 0 spiro atoms. The minimum atomic E-state index is -3.55. The first-order valence-corrected chi connectivity index (χ1v) is 14.9. The fourth-order valence-corrected chi connectivity index (χ4v) is 6.19. The number of thiocarbonyl (C=S) groups is 1. The highest BCUT2D eigenvalue weighted by atomic mass is 32.2. The van der Waals surface area contributed by atoms with Gasteiger partial charge in [-0.3, -0.25) is 9.71 Å². The van der Waals surface area contributed by atoms with Gasteiger partial charge >= 0.3 is 0 Å². The molecule has 9 nitrogen and oxygen atoms in total. The molecule has 1 aliphatic heterocycles. The first-order valence-electron chi connectivity index (χ1n) is 12.6. The lowest BCUT2D eigenvalue weighted by atomic mass is 9.96. The van der Waals surface area contributed by atoms with Gasteiger partial charge in [0.25, 0.3) is 0 Å². The first-order chi connectivity index (χ1) is 19.1. The number of sulfonamides is 1. The molecule has 0 aliphatic carbocycles. The summed E-state index contributed by atoms with van der Waals surface area (Å²) in [5.41, 5.74) is 6.06. The summed E-state index contributed by atoms with van der Waals surface area (Å²) in [6.07, 6.45) is 2.87. The maximum atomic E-state index is 12.1. The van der Waals surface area contributed by atoms with E-state index >= 15 is 0 Å². The molecule has 11 heteroatoms. The summed E-state index contributed by atoms with van der Waals surface area (Å²) in [6.45, 7) is 4.16. The maximum absolute atomic E-state index is 12.1. The highest BCUT2D eigenvalue weighted by molar-refractivity contribution is 7.92. The van der Waals surface area contributed by atoms with E-state index in [-0.39, 0.29) is 12.1 Å². The Morgan fingerprint density at radius 3 is 2.33 bits per heavy atom. The third kappa shape index (κ3) is 5.22. The van der Waals surface area contributed by atoms with Gasteiger partial charge in [0.15, 0.2) is 5.11 Å². The number of anilines is 2. The van der Waals surface area contributed by atoms with Gasteiger partial charge in [-0.1, -0.05) is 6.07 Å². The Bertz CT molecular complexity index is 1650. The van der Waals surface area contributed by atoms with Crippen molar-refractivity contribution in [2.45, 2.75) is 25.9 Å². The number of hydrogen-bond donors (Lipinski definition) is 2. The Morgan fingerprint density at radius 1 is 0.975 bits per heavy atom. The van der Waals surface area contributed by atoms with Gasteiger partial charge < -0.3 is 24.3 Å². The second-order valence-electron chi connectivity index (χ2n) is 9.62. The normalized spacial score (nSPS) is 17.0. The molecule has 0 bridgehead atoms. The van der Waals surface area contributed by atoms with Gasteiger partial charge in [0.05, 0.1) is 43.9 Å². The van der Waals surface area contributed by atoms with Crippen LogP contribution in [0.4, 0.5) is 11.4 Å². The van der Waals surface area contributed by atoms with Crippen LogP contribution in [0.2, 0.25) is 0 Å². The SMILES string of the molecule is COc1ccc(-n2c(C)cc(C3C(c4ccccn4)NC(=S)N3c3ccc(OC)c(NS(C)(=O)=O)c3)c2C)cc1. The number of aryl methyl sites for hydroxylation is 1. The van der Waals surface area contributed by atoms with Crippen LogP contribution in [0.15, 0.2) is 72.9 Å². The molecule has 2 aromatic heterocycles. The van der Waals surface area contributed by atoms with Crippen LogP contribution in [0.25, 0.3) is 5.69 Å². The predicted molar refractivity (Wildman–Crippen MR) is 161 cm³/mol. The fourth-order valence-electron chi connectivity index (χ4n) is 5.29. The molecule has 40 heavy (non-hydrogen) atoms. The molecule has 2 N–H and O–H groups in total. The maximum Gasteiger partial charge on any atom is 0.229 e. The van der Waals surface area contributed by atoms with Gasteiger partial charge in [0.2, 0.25) is 10.0 Å². The number of aromatic nitrogens is 2. The zero-order valence-corrected chi connectivity index (χ0v) is 24.5. The number of rotatable bonds is 8. The van der Waals surface area contributed by atoms with E-state index in [0.29, 0.717) is 22.2 Å².